The van der Waals surface area contributed by atoms with E-state index in [0.29, 0.717) is 6.04 Å². The summed E-state index contributed by atoms with van der Waals surface area (Å²) >= 11 is 0. The minimum atomic E-state index is 0.371. The molecule has 1 aromatic heterocycles. The van der Waals surface area contributed by atoms with Crippen LogP contribution in [0, 0.1) is 0 Å². The topological polar surface area (TPSA) is 42.7 Å². The van der Waals surface area contributed by atoms with Gasteiger partial charge < -0.3 is 9.88 Å². The molecular formula is C15H20N4. The lowest BCUT2D eigenvalue weighted by atomic mass is 10.1. The van der Waals surface area contributed by atoms with E-state index in [2.05, 4.69) is 51.3 Å². The largest absolute Gasteiger partial charge is 0.312 e. The van der Waals surface area contributed by atoms with E-state index >= 15 is 0 Å². The molecule has 2 aromatic rings. The second-order valence-corrected chi connectivity index (χ2v) is 5.08. The number of fused-ring (bicyclic) bond motifs is 1. The lowest BCUT2D eigenvalue weighted by Crippen LogP contribution is -2.34. The summed E-state index contributed by atoms with van der Waals surface area (Å²) in [6.45, 7) is 4.20. The molecule has 100 valence electrons. The summed E-state index contributed by atoms with van der Waals surface area (Å²) in [5.74, 6) is 2.20. The Morgan fingerprint density at radius 3 is 2.89 bits per heavy atom. The molecule has 0 saturated carbocycles. The van der Waals surface area contributed by atoms with E-state index in [1.54, 1.807) is 0 Å². The number of benzene rings is 1. The van der Waals surface area contributed by atoms with Crippen molar-refractivity contribution in [3.63, 3.8) is 0 Å². The number of hydrogen-bond donors (Lipinski definition) is 1. The Bertz CT molecular complexity index is 532. The van der Waals surface area contributed by atoms with Gasteiger partial charge in [0.15, 0.2) is 0 Å². The predicted molar refractivity (Wildman–Crippen MR) is 74.9 cm³/mol. The van der Waals surface area contributed by atoms with Crippen LogP contribution in [-0.4, -0.2) is 21.3 Å². The summed E-state index contributed by atoms with van der Waals surface area (Å²) in [7, 11) is 0. The van der Waals surface area contributed by atoms with E-state index in [4.69, 9.17) is 0 Å². The van der Waals surface area contributed by atoms with Crippen LogP contribution in [0.25, 0.3) is 0 Å². The van der Waals surface area contributed by atoms with Crippen molar-refractivity contribution < 1.29 is 0 Å². The normalized spacial score (nSPS) is 18.3. The first kappa shape index (κ1) is 12.4. The Morgan fingerprint density at radius 1 is 1.26 bits per heavy atom. The maximum atomic E-state index is 4.40. The average molecular weight is 256 g/mol. The minimum Gasteiger partial charge on any atom is -0.312 e. The highest BCUT2D eigenvalue weighted by Crippen LogP contribution is 2.21. The second-order valence-electron chi connectivity index (χ2n) is 5.08. The Morgan fingerprint density at radius 2 is 2.11 bits per heavy atom. The summed E-state index contributed by atoms with van der Waals surface area (Å²) in [6.07, 6.45) is 3.16. The predicted octanol–water partition coefficient (Wildman–Crippen LogP) is 2.31. The number of nitrogens with one attached hydrogen (secondary N) is 1. The molecule has 1 atom stereocenters. The first-order valence-electron chi connectivity index (χ1n) is 7.07. The van der Waals surface area contributed by atoms with Crippen LogP contribution in [0.15, 0.2) is 30.3 Å². The zero-order valence-corrected chi connectivity index (χ0v) is 11.3. The number of aromatic nitrogens is 3. The van der Waals surface area contributed by atoms with Crippen LogP contribution in [0.3, 0.4) is 0 Å². The van der Waals surface area contributed by atoms with Crippen molar-refractivity contribution in [1.29, 1.82) is 0 Å². The first-order valence-corrected chi connectivity index (χ1v) is 7.07. The van der Waals surface area contributed by atoms with Crippen molar-refractivity contribution in [2.75, 3.05) is 6.54 Å². The maximum absolute atomic E-state index is 4.40. The van der Waals surface area contributed by atoms with Gasteiger partial charge in [-0.05, 0) is 12.0 Å². The quantitative estimate of drug-likeness (QED) is 0.913. The maximum Gasteiger partial charge on any atom is 0.150 e. The van der Waals surface area contributed by atoms with Gasteiger partial charge in [-0.15, -0.1) is 10.2 Å². The summed E-state index contributed by atoms with van der Waals surface area (Å²) in [6, 6.07) is 10.9. The van der Waals surface area contributed by atoms with Gasteiger partial charge in [0.1, 0.15) is 11.6 Å². The van der Waals surface area contributed by atoms with Crippen LogP contribution in [0.5, 0.6) is 0 Å². The van der Waals surface area contributed by atoms with Crippen molar-refractivity contribution in [1.82, 2.24) is 20.1 Å². The van der Waals surface area contributed by atoms with Crippen LogP contribution < -0.4 is 5.32 Å². The van der Waals surface area contributed by atoms with E-state index in [-0.39, 0.29) is 0 Å². The van der Waals surface area contributed by atoms with Crippen LogP contribution in [0.4, 0.5) is 0 Å². The second kappa shape index (κ2) is 5.53. The zero-order chi connectivity index (χ0) is 13.1. The fourth-order valence-corrected chi connectivity index (χ4v) is 2.72. The average Bonchev–Trinajstić information content (AvgIpc) is 2.85. The summed E-state index contributed by atoms with van der Waals surface area (Å²) in [4.78, 5) is 0. The van der Waals surface area contributed by atoms with Crippen LogP contribution >= 0.6 is 0 Å². The highest BCUT2D eigenvalue weighted by Gasteiger charge is 2.23. The van der Waals surface area contributed by atoms with Crippen molar-refractivity contribution in [2.24, 2.45) is 0 Å². The molecule has 0 fully saturated rings. The lowest BCUT2D eigenvalue weighted by molar-refractivity contribution is 0.388. The molecule has 0 saturated heterocycles. The third-order valence-electron chi connectivity index (χ3n) is 3.68. The molecule has 1 aliphatic rings. The molecule has 4 nitrogen and oxygen atoms in total. The van der Waals surface area contributed by atoms with Gasteiger partial charge in [0.25, 0.3) is 0 Å². The van der Waals surface area contributed by atoms with Gasteiger partial charge in [0.2, 0.25) is 0 Å². The lowest BCUT2D eigenvalue weighted by Gasteiger charge is -2.24. The summed E-state index contributed by atoms with van der Waals surface area (Å²) in [5.41, 5.74) is 1.29. The van der Waals surface area contributed by atoms with Crippen molar-refractivity contribution in [2.45, 2.75) is 38.8 Å². The summed E-state index contributed by atoms with van der Waals surface area (Å²) < 4.78 is 2.30. The van der Waals surface area contributed by atoms with E-state index in [9.17, 15) is 0 Å². The Hall–Kier alpha value is -1.68. The molecule has 0 spiro atoms. The monoisotopic (exact) mass is 256 g/mol. The zero-order valence-electron chi connectivity index (χ0n) is 11.3. The standard InChI is InChI=1S/C15H20N4/c1-2-6-13-15-18-17-14(19(15)10-9-16-13)11-12-7-4-3-5-8-12/h3-5,7-8,13,16H,2,6,9-11H2,1H3. The molecule has 1 unspecified atom stereocenters. The van der Waals surface area contributed by atoms with Crippen LogP contribution in [0.2, 0.25) is 0 Å². The third kappa shape index (κ3) is 2.54. The third-order valence-corrected chi connectivity index (χ3v) is 3.68. The fourth-order valence-electron chi connectivity index (χ4n) is 2.72. The van der Waals surface area contributed by atoms with Gasteiger partial charge in [0.05, 0.1) is 6.04 Å². The molecule has 0 radical (unpaired) electrons. The fraction of sp³-hybridized carbons (Fsp3) is 0.467. The molecule has 0 aliphatic carbocycles. The van der Waals surface area contributed by atoms with E-state index < -0.39 is 0 Å². The van der Waals surface area contributed by atoms with Crippen LogP contribution in [0.1, 0.15) is 43.0 Å². The first-order chi connectivity index (χ1) is 9.38. The van der Waals surface area contributed by atoms with E-state index in [1.807, 2.05) is 6.07 Å². The highest BCUT2D eigenvalue weighted by atomic mass is 15.3. The Kier molecular flexibility index (Phi) is 3.60. The van der Waals surface area contributed by atoms with Crippen molar-refractivity contribution >= 4 is 0 Å². The molecule has 1 aliphatic heterocycles. The molecule has 0 bridgehead atoms. The molecule has 0 amide bonds. The minimum absolute atomic E-state index is 0.371. The highest BCUT2D eigenvalue weighted by molar-refractivity contribution is 5.20. The SMILES string of the molecule is CCCC1NCCn2c(Cc3ccccc3)nnc21. The molecule has 1 N–H and O–H groups in total. The van der Waals surface area contributed by atoms with Crippen LogP contribution in [-0.2, 0) is 13.0 Å². The number of rotatable bonds is 4. The van der Waals surface area contributed by atoms with Gasteiger partial charge in [-0.1, -0.05) is 43.7 Å². The molecule has 2 heterocycles. The number of nitrogens with zero attached hydrogens (tertiary/aromatic N) is 3. The molecule has 19 heavy (non-hydrogen) atoms. The molecule has 3 rings (SSSR count). The smallest absolute Gasteiger partial charge is 0.150 e. The van der Waals surface area contributed by atoms with E-state index in [0.717, 1.165) is 37.6 Å². The Balaban J connectivity index is 1.84. The van der Waals surface area contributed by atoms with Gasteiger partial charge in [-0.3, -0.25) is 0 Å². The van der Waals surface area contributed by atoms with E-state index in [1.165, 1.54) is 12.0 Å². The van der Waals surface area contributed by atoms with Crippen molar-refractivity contribution in [3.05, 3.63) is 47.5 Å². The van der Waals surface area contributed by atoms with Gasteiger partial charge >= 0.3 is 0 Å². The molecule has 1 aromatic carbocycles. The van der Waals surface area contributed by atoms with Gasteiger partial charge in [0, 0.05) is 19.5 Å². The Labute approximate surface area is 113 Å². The summed E-state index contributed by atoms with van der Waals surface area (Å²) in [5, 5.41) is 12.3. The van der Waals surface area contributed by atoms with Gasteiger partial charge in [-0.2, -0.15) is 0 Å². The molecular weight excluding hydrogens is 236 g/mol. The van der Waals surface area contributed by atoms with Crippen molar-refractivity contribution in [3.8, 4) is 0 Å². The number of hydrogen-bond acceptors (Lipinski definition) is 3. The van der Waals surface area contributed by atoms with Gasteiger partial charge in [-0.25, -0.2) is 0 Å². The molecule has 4 heteroatoms.